The summed E-state index contributed by atoms with van der Waals surface area (Å²) in [5.74, 6) is 1.13. The largest absolute Gasteiger partial charge is 0.378 e. The lowest BCUT2D eigenvalue weighted by Gasteiger charge is -2.25. The third-order valence-electron chi connectivity index (χ3n) is 4.26. The Bertz CT molecular complexity index is 494. The number of carbonyl (C=O) groups excluding carboxylic acids is 1. The predicted molar refractivity (Wildman–Crippen MR) is 76.8 cm³/mol. The molecule has 1 aliphatic heterocycles. The molecule has 0 spiro atoms. The van der Waals surface area contributed by atoms with E-state index in [2.05, 4.69) is 10.5 Å². The summed E-state index contributed by atoms with van der Waals surface area (Å²) in [5, 5.41) is 7.46. The monoisotopic (exact) mass is 293 g/mol. The average Bonchev–Trinajstić information content (AvgIpc) is 2.91. The number of nitrogens with one attached hydrogen (secondary N) is 1. The molecule has 6 nitrogen and oxygen atoms in total. The van der Waals surface area contributed by atoms with Crippen LogP contribution in [0.15, 0.2) is 4.52 Å². The minimum Gasteiger partial charge on any atom is -0.378 e. The van der Waals surface area contributed by atoms with E-state index in [1.54, 1.807) is 4.90 Å². The van der Waals surface area contributed by atoms with Gasteiger partial charge in [-0.05, 0) is 19.3 Å². The lowest BCUT2D eigenvalue weighted by atomic mass is 9.96. The number of ether oxygens (including phenoxy) is 1. The van der Waals surface area contributed by atoms with Crippen molar-refractivity contribution in [2.45, 2.75) is 44.7 Å². The van der Waals surface area contributed by atoms with Gasteiger partial charge >= 0.3 is 0 Å². The van der Waals surface area contributed by atoms with Crippen LogP contribution in [0.3, 0.4) is 0 Å². The van der Waals surface area contributed by atoms with Crippen molar-refractivity contribution in [3.63, 3.8) is 0 Å². The smallest absolute Gasteiger partial charge is 0.224 e. The number of amides is 1. The SMILES string of the molecule is CN(Cc1noc2c1CCCC2)C(=O)CC1COCCN1. The number of aromatic nitrogens is 1. The normalized spacial score (nSPS) is 21.9. The average molecular weight is 293 g/mol. The van der Waals surface area contributed by atoms with Gasteiger partial charge in [0, 0.05) is 38.0 Å². The molecule has 1 aromatic heterocycles. The number of nitrogens with zero attached hydrogens (tertiary/aromatic N) is 2. The first kappa shape index (κ1) is 14.5. The van der Waals surface area contributed by atoms with E-state index < -0.39 is 0 Å². The van der Waals surface area contributed by atoms with Crippen molar-refractivity contribution in [2.75, 3.05) is 26.8 Å². The number of aryl methyl sites for hydroxylation is 1. The minimum absolute atomic E-state index is 0.116. The van der Waals surface area contributed by atoms with Crippen LogP contribution in [0.4, 0.5) is 0 Å². The minimum atomic E-state index is 0.116. The van der Waals surface area contributed by atoms with Crippen molar-refractivity contribution in [1.29, 1.82) is 0 Å². The highest BCUT2D eigenvalue weighted by molar-refractivity contribution is 5.76. The summed E-state index contributed by atoms with van der Waals surface area (Å²) < 4.78 is 10.8. The molecule has 0 saturated carbocycles. The third kappa shape index (κ3) is 3.44. The Hall–Kier alpha value is -1.40. The molecule has 116 valence electrons. The Balaban J connectivity index is 1.56. The summed E-state index contributed by atoms with van der Waals surface area (Å²) in [5.41, 5.74) is 2.15. The number of hydrogen-bond acceptors (Lipinski definition) is 5. The quantitative estimate of drug-likeness (QED) is 0.893. The molecule has 0 radical (unpaired) electrons. The van der Waals surface area contributed by atoms with Gasteiger partial charge in [-0.2, -0.15) is 0 Å². The third-order valence-corrected chi connectivity index (χ3v) is 4.26. The van der Waals surface area contributed by atoms with Crippen LogP contribution in [0.2, 0.25) is 0 Å². The zero-order valence-electron chi connectivity index (χ0n) is 12.6. The fourth-order valence-corrected chi connectivity index (χ4v) is 3.00. The Kier molecular flexibility index (Phi) is 4.55. The van der Waals surface area contributed by atoms with Gasteiger partial charge in [-0.15, -0.1) is 0 Å². The van der Waals surface area contributed by atoms with Gasteiger partial charge in [0.2, 0.25) is 5.91 Å². The number of hydrogen-bond donors (Lipinski definition) is 1. The highest BCUT2D eigenvalue weighted by Gasteiger charge is 2.23. The van der Waals surface area contributed by atoms with E-state index in [1.165, 1.54) is 18.4 Å². The van der Waals surface area contributed by atoms with Gasteiger partial charge in [0.25, 0.3) is 0 Å². The van der Waals surface area contributed by atoms with Gasteiger partial charge in [0.15, 0.2) is 0 Å². The lowest BCUT2D eigenvalue weighted by Crippen LogP contribution is -2.44. The molecule has 1 N–H and O–H groups in total. The van der Waals surface area contributed by atoms with Crippen molar-refractivity contribution < 1.29 is 14.1 Å². The van der Waals surface area contributed by atoms with Crippen LogP contribution in [0, 0.1) is 0 Å². The van der Waals surface area contributed by atoms with Crippen LogP contribution >= 0.6 is 0 Å². The zero-order valence-corrected chi connectivity index (χ0v) is 12.6. The summed E-state index contributed by atoms with van der Waals surface area (Å²) >= 11 is 0. The summed E-state index contributed by atoms with van der Waals surface area (Å²) in [6.45, 7) is 2.69. The van der Waals surface area contributed by atoms with Gasteiger partial charge in [0.1, 0.15) is 11.5 Å². The summed E-state index contributed by atoms with van der Waals surface area (Å²) in [7, 11) is 1.83. The Morgan fingerprint density at radius 3 is 3.10 bits per heavy atom. The van der Waals surface area contributed by atoms with Crippen molar-refractivity contribution in [3.05, 3.63) is 17.0 Å². The molecule has 0 bridgehead atoms. The maximum atomic E-state index is 12.3. The number of fused-ring (bicyclic) bond motifs is 1. The molecular formula is C15H23N3O3. The second-order valence-corrected chi connectivity index (χ2v) is 5.92. The van der Waals surface area contributed by atoms with E-state index in [-0.39, 0.29) is 11.9 Å². The maximum Gasteiger partial charge on any atom is 0.224 e. The Labute approximate surface area is 124 Å². The second-order valence-electron chi connectivity index (χ2n) is 5.92. The molecule has 3 rings (SSSR count). The van der Waals surface area contributed by atoms with Gasteiger partial charge in [-0.3, -0.25) is 4.79 Å². The Morgan fingerprint density at radius 1 is 1.43 bits per heavy atom. The first-order valence-electron chi connectivity index (χ1n) is 7.75. The molecule has 21 heavy (non-hydrogen) atoms. The molecule has 0 aromatic carbocycles. The highest BCUT2D eigenvalue weighted by Crippen LogP contribution is 2.24. The molecule has 2 aliphatic rings. The molecule has 1 aromatic rings. The molecule has 1 atom stereocenters. The van der Waals surface area contributed by atoms with Crippen molar-refractivity contribution in [2.24, 2.45) is 0 Å². The summed E-state index contributed by atoms with van der Waals surface area (Å²) in [6.07, 6.45) is 4.82. The number of carbonyl (C=O) groups is 1. The number of rotatable bonds is 4. The van der Waals surface area contributed by atoms with Crippen molar-refractivity contribution in [1.82, 2.24) is 15.4 Å². The molecule has 1 saturated heterocycles. The maximum absolute atomic E-state index is 12.3. The second kappa shape index (κ2) is 6.58. The van der Waals surface area contributed by atoms with Gasteiger partial charge in [-0.25, -0.2) is 0 Å². The molecule has 1 amide bonds. The first-order valence-corrected chi connectivity index (χ1v) is 7.75. The van der Waals surface area contributed by atoms with Crippen LogP contribution in [0.5, 0.6) is 0 Å². The van der Waals surface area contributed by atoms with Crippen LogP contribution in [0.25, 0.3) is 0 Å². The van der Waals surface area contributed by atoms with Gasteiger partial charge in [0.05, 0.1) is 19.8 Å². The molecule has 1 fully saturated rings. The number of morpholine rings is 1. The highest BCUT2D eigenvalue weighted by atomic mass is 16.5. The zero-order chi connectivity index (χ0) is 14.7. The topological polar surface area (TPSA) is 67.6 Å². The van der Waals surface area contributed by atoms with Gasteiger partial charge < -0.3 is 19.5 Å². The summed E-state index contributed by atoms with van der Waals surface area (Å²) in [6, 6.07) is 0.125. The molecule has 6 heteroatoms. The fraction of sp³-hybridized carbons (Fsp3) is 0.733. The molecule has 1 aliphatic carbocycles. The van der Waals surface area contributed by atoms with E-state index in [0.717, 1.165) is 37.4 Å². The summed E-state index contributed by atoms with van der Waals surface area (Å²) in [4.78, 5) is 14.0. The van der Waals surface area contributed by atoms with Crippen LogP contribution in [-0.2, 0) is 28.9 Å². The van der Waals surface area contributed by atoms with Crippen LogP contribution < -0.4 is 5.32 Å². The van der Waals surface area contributed by atoms with Crippen LogP contribution in [0.1, 0.15) is 36.3 Å². The standard InChI is InChI=1S/C15H23N3O3/c1-18(15(19)8-11-10-20-7-6-16-11)9-13-12-4-2-3-5-14(12)21-17-13/h11,16H,2-10H2,1H3. The van der Waals surface area contributed by atoms with Crippen molar-refractivity contribution in [3.8, 4) is 0 Å². The van der Waals surface area contributed by atoms with E-state index in [0.29, 0.717) is 19.6 Å². The lowest BCUT2D eigenvalue weighted by molar-refractivity contribution is -0.131. The van der Waals surface area contributed by atoms with Crippen molar-refractivity contribution >= 4 is 5.91 Å². The first-order chi connectivity index (χ1) is 10.2. The fourth-order valence-electron chi connectivity index (χ4n) is 3.00. The van der Waals surface area contributed by atoms with E-state index in [4.69, 9.17) is 9.26 Å². The Morgan fingerprint density at radius 2 is 2.29 bits per heavy atom. The van der Waals surface area contributed by atoms with E-state index in [9.17, 15) is 4.79 Å². The van der Waals surface area contributed by atoms with Gasteiger partial charge in [-0.1, -0.05) is 5.16 Å². The van der Waals surface area contributed by atoms with E-state index in [1.807, 2.05) is 7.05 Å². The molecular weight excluding hydrogens is 270 g/mol. The predicted octanol–water partition coefficient (Wildman–Crippen LogP) is 0.890. The molecule has 2 heterocycles. The van der Waals surface area contributed by atoms with Crippen LogP contribution in [-0.4, -0.2) is 48.8 Å². The molecule has 1 unspecified atom stereocenters. The van der Waals surface area contributed by atoms with E-state index >= 15 is 0 Å².